The Morgan fingerprint density at radius 1 is 1.25 bits per heavy atom. The molecule has 4 heteroatoms. The molecule has 2 unspecified atom stereocenters. The Labute approximate surface area is 130 Å². The van der Waals surface area contributed by atoms with E-state index in [0.717, 1.165) is 23.3 Å². The minimum atomic E-state index is -0.273. The lowest BCUT2D eigenvalue weighted by Crippen LogP contribution is -2.17. The Balaban J connectivity index is 1.95. The molecule has 0 radical (unpaired) electrons. The Hall–Kier alpha value is -1.06. The highest BCUT2D eigenvalue weighted by atomic mass is 79.9. The van der Waals surface area contributed by atoms with Crippen LogP contribution in [0, 0.1) is 5.82 Å². The molecule has 0 amide bonds. The first-order valence-electron chi connectivity index (χ1n) is 6.47. The summed E-state index contributed by atoms with van der Waals surface area (Å²) in [5, 5.41) is -0.197. The number of hydrogen-bond donors (Lipinski definition) is 0. The summed E-state index contributed by atoms with van der Waals surface area (Å²) in [6, 6.07) is 12.9. The van der Waals surface area contributed by atoms with Gasteiger partial charge in [0.25, 0.3) is 0 Å². The van der Waals surface area contributed by atoms with Crippen LogP contribution in [0.15, 0.2) is 46.9 Å². The lowest BCUT2D eigenvalue weighted by atomic mass is 9.87. The standard InChI is InChI=1S/C16H13BrClFO/c17-13-9-10(5-6-14(13)19)16(18)12-7-8-20-15-4-2-1-3-11(12)15/h1-6,9,12,16H,7-8H2. The molecule has 1 aliphatic heterocycles. The topological polar surface area (TPSA) is 9.23 Å². The summed E-state index contributed by atoms with van der Waals surface area (Å²) in [6.45, 7) is 0.660. The van der Waals surface area contributed by atoms with Crippen molar-refractivity contribution >= 4 is 27.5 Å². The van der Waals surface area contributed by atoms with E-state index in [1.807, 2.05) is 24.3 Å². The number of rotatable bonds is 2. The molecule has 20 heavy (non-hydrogen) atoms. The third kappa shape index (κ3) is 2.57. The van der Waals surface area contributed by atoms with Crippen LogP contribution < -0.4 is 4.74 Å². The van der Waals surface area contributed by atoms with Crippen molar-refractivity contribution in [1.29, 1.82) is 0 Å². The van der Waals surface area contributed by atoms with Gasteiger partial charge in [-0.05, 0) is 51.7 Å². The number of fused-ring (bicyclic) bond motifs is 1. The lowest BCUT2D eigenvalue weighted by molar-refractivity contribution is 0.265. The first-order valence-corrected chi connectivity index (χ1v) is 7.70. The summed E-state index contributed by atoms with van der Waals surface area (Å²) in [5.74, 6) is 0.805. The number of ether oxygens (including phenoxy) is 1. The molecule has 104 valence electrons. The van der Waals surface area contributed by atoms with Crippen molar-refractivity contribution in [1.82, 2.24) is 0 Å². The van der Waals surface area contributed by atoms with E-state index in [2.05, 4.69) is 15.9 Å². The van der Waals surface area contributed by atoms with Crippen LogP contribution in [-0.4, -0.2) is 6.61 Å². The van der Waals surface area contributed by atoms with E-state index < -0.39 is 0 Å². The van der Waals surface area contributed by atoms with Gasteiger partial charge in [-0.3, -0.25) is 0 Å². The molecule has 2 aromatic carbocycles. The number of halogens is 3. The molecule has 2 atom stereocenters. The second-order valence-corrected chi connectivity index (χ2v) is 6.18. The van der Waals surface area contributed by atoms with E-state index in [9.17, 15) is 4.39 Å². The van der Waals surface area contributed by atoms with Crippen LogP contribution in [-0.2, 0) is 0 Å². The van der Waals surface area contributed by atoms with Crippen molar-refractivity contribution in [3.63, 3.8) is 0 Å². The number of hydrogen-bond acceptors (Lipinski definition) is 1. The number of benzene rings is 2. The van der Waals surface area contributed by atoms with Gasteiger partial charge in [-0.25, -0.2) is 4.39 Å². The molecular formula is C16H13BrClFO. The summed E-state index contributed by atoms with van der Waals surface area (Å²) in [6.07, 6.45) is 0.861. The van der Waals surface area contributed by atoms with E-state index in [0.29, 0.717) is 11.1 Å². The maximum atomic E-state index is 13.3. The summed E-state index contributed by atoms with van der Waals surface area (Å²) in [5.41, 5.74) is 2.04. The van der Waals surface area contributed by atoms with Crippen LogP contribution in [0.5, 0.6) is 5.75 Å². The van der Waals surface area contributed by atoms with Gasteiger partial charge in [-0.1, -0.05) is 24.3 Å². The highest BCUT2D eigenvalue weighted by Crippen LogP contribution is 2.45. The first-order chi connectivity index (χ1) is 9.66. The van der Waals surface area contributed by atoms with Crippen molar-refractivity contribution in [2.24, 2.45) is 0 Å². The number of alkyl halides is 1. The molecule has 0 saturated heterocycles. The van der Waals surface area contributed by atoms with E-state index in [4.69, 9.17) is 16.3 Å². The molecule has 1 heterocycles. The SMILES string of the molecule is Fc1ccc(C(Cl)C2CCOc3ccccc32)cc1Br. The van der Waals surface area contributed by atoms with Crippen LogP contribution in [0.3, 0.4) is 0 Å². The summed E-state index contributed by atoms with van der Waals surface area (Å²) < 4.78 is 19.4. The Bertz CT molecular complexity index is 632. The lowest BCUT2D eigenvalue weighted by Gasteiger charge is -2.29. The highest BCUT2D eigenvalue weighted by molar-refractivity contribution is 9.10. The minimum absolute atomic E-state index is 0.180. The molecule has 0 bridgehead atoms. The maximum Gasteiger partial charge on any atom is 0.137 e. The molecule has 0 fully saturated rings. The summed E-state index contributed by atoms with van der Waals surface area (Å²) in [4.78, 5) is 0. The fraction of sp³-hybridized carbons (Fsp3) is 0.250. The van der Waals surface area contributed by atoms with Gasteiger partial charge in [0.05, 0.1) is 16.5 Å². The average Bonchev–Trinajstić information content (AvgIpc) is 2.49. The summed E-state index contributed by atoms with van der Waals surface area (Å²) >= 11 is 9.85. The molecule has 3 rings (SSSR count). The van der Waals surface area contributed by atoms with E-state index in [1.165, 1.54) is 6.07 Å². The van der Waals surface area contributed by atoms with Gasteiger partial charge in [-0.2, -0.15) is 0 Å². The predicted molar refractivity (Wildman–Crippen MR) is 82.0 cm³/mol. The van der Waals surface area contributed by atoms with Gasteiger partial charge in [0.2, 0.25) is 0 Å². The zero-order valence-electron chi connectivity index (χ0n) is 10.7. The van der Waals surface area contributed by atoms with Crippen LogP contribution >= 0.6 is 27.5 Å². The first kappa shape index (κ1) is 13.9. The van der Waals surface area contributed by atoms with Crippen LogP contribution in [0.2, 0.25) is 0 Å². The van der Waals surface area contributed by atoms with Crippen molar-refractivity contribution in [2.75, 3.05) is 6.61 Å². The van der Waals surface area contributed by atoms with Crippen molar-refractivity contribution in [3.05, 3.63) is 63.9 Å². The molecule has 0 saturated carbocycles. The fourth-order valence-electron chi connectivity index (χ4n) is 2.59. The molecule has 0 aromatic heterocycles. The van der Waals surface area contributed by atoms with Gasteiger partial charge in [-0.15, -0.1) is 11.6 Å². The second-order valence-electron chi connectivity index (χ2n) is 4.86. The molecule has 0 aliphatic carbocycles. The van der Waals surface area contributed by atoms with Gasteiger partial charge >= 0.3 is 0 Å². The summed E-state index contributed by atoms with van der Waals surface area (Å²) in [7, 11) is 0. The zero-order chi connectivity index (χ0) is 14.1. The smallest absolute Gasteiger partial charge is 0.137 e. The van der Waals surface area contributed by atoms with E-state index >= 15 is 0 Å². The second kappa shape index (κ2) is 5.74. The molecule has 1 aliphatic rings. The van der Waals surface area contributed by atoms with Crippen molar-refractivity contribution < 1.29 is 9.13 Å². The van der Waals surface area contributed by atoms with Gasteiger partial charge in [0.1, 0.15) is 11.6 Å². The van der Waals surface area contributed by atoms with E-state index in [-0.39, 0.29) is 17.1 Å². The normalized spacial score (nSPS) is 19.1. The zero-order valence-corrected chi connectivity index (χ0v) is 13.0. The molecule has 0 N–H and O–H groups in total. The monoisotopic (exact) mass is 354 g/mol. The van der Waals surface area contributed by atoms with Crippen molar-refractivity contribution in [2.45, 2.75) is 17.7 Å². The average molecular weight is 356 g/mol. The van der Waals surface area contributed by atoms with Gasteiger partial charge < -0.3 is 4.74 Å². The van der Waals surface area contributed by atoms with Crippen molar-refractivity contribution in [3.8, 4) is 5.75 Å². The quantitative estimate of drug-likeness (QED) is 0.652. The van der Waals surface area contributed by atoms with Crippen LogP contribution in [0.1, 0.15) is 28.8 Å². The molecular weight excluding hydrogens is 343 g/mol. The molecule has 0 spiro atoms. The minimum Gasteiger partial charge on any atom is -0.493 e. The van der Waals surface area contributed by atoms with Gasteiger partial charge in [0, 0.05) is 5.92 Å². The Kier molecular flexibility index (Phi) is 3.99. The van der Waals surface area contributed by atoms with Crippen LogP contribution in [0.4, 0.5) is 4.39 Å². The maximum absolute atomic E-state index is 13.3. The highest BCUT2D eigenvalue weighted by Gasteiger charge is 2.28. The Morgan fingerprint density at radius 2 is 2.05 bits per heavy atom. The van der Waals surface area contributed by atoms with Gasteiger partial charge in [0.15, 0.2) is 0 Å². The molecule has 1 nitrogen and oxygen atoms in total. The molecule has 2 aromatic rings. The fourth-order valence-corrected chi connectivity index (χ4v) is 3.38. The third-order valence-corrected chi connectivity index (χ3v) is 4.78. The Morgan fingerprint density at radius 3 is 2.85 bits per heavy atom. The van der Waals surface area contributed by atoms with E-state index in [1.54, 1.807) is 12.1 Å². The largest absolute Gasteiger partial charge is 0.493 e. The predicted octanol–water partition coefficient (Wildman–Crippen LogP) is 5.43. The number of para-hydroxylation sites is 1. The third-order valence-electron chi connectivity index (χ3n) is 3.62. The van der Waals surface area contributed by atoms with Crippen LogP contribution in [0.25, 0.3) is 0 Å².